The van der Waals surface area contributed by atoms with E-state index in [1.54, 1.807) is 0 Å². The van der Waals surface area contributed by atoms with Gasteiger partial charge in [0.25, 0.3) is 0 Å². The van der Waals surface area contributed by atoms with E-state index in [4.69, 9.17) is 17.3 Å². The number of rotatable bonds is 2. The van der Waals surface area contributed by atoms with Crippen LogP contribution in [-0.2, 0) is 0 Å². The first kappa shape index (κ1) is 12.3. The van der Waals surface area contributed by atoms with Crippen molar-refractivity contribution in [1.29, 1.82) is 0 Å². The minimum atomic E-state index is 0.613. The summed E-state index contributed by atoms with van der Waals surface area (Å²) in [5, 5.41) is 3.83. The molecule has 4 heteroatoms. The Morgan fingerprint density at radius 3 is 2.65 bits per heavy atom. The average molecular weight is 312 g/mol. The van der Waals surface area contributed by atoms with Crippen LogP contribution in [-0.4, -0.2) is 0 Å². The fourth-order valence-electron chi connectivity index (χ4n) is 1.49. The van der Waals surface area contributed by atoms with E-state index in [2.05, 4.69) is 21.2 Å². The maximum atomic E-state index is 6.10. The van der Waals surface area contributed by atoms with Gasteiger partial charge in [-0.2, -0.15) is 0 Å². The first-order valence-corrected chi connectivity index (χ1v) is 6.32. The highest BCUT2D eigenvalue weighted by Crippen LogP contribution is 2.32. The molecule has 0 aliphatic heterocycles. The highest BCUT2D eigenvalue weighted by atomic mass is 79.9. The van der Waals surface area contributed by atoms with E-state index in [0.29, 0.717) is 10.7 Å². The Balaban J connectivity index is 2.35. The Morgan fingerprint density at radius 1 is 1.24 bits per heavy atom. The fourth-order valence-corrected chi connectivity index (χ4v) is 2.10. The lowest BCUT2D eigenvalue weighted by atomic mass is 10.2. The summed E-state index contributed by atoms with van der Waals surface area (Å²) in [5.74, 6) is 0. The fraction of sp³-hybridized carbons (Fsp3) is 0.0769. The summed E-state index contributed by atoms with van der Waals surface area (Å²) in [5.41, 5.74) is 9.38. The molecule has 0 unspecified atom stereocenters. The molecule has 0 heterocycles. The highest BCUT2D eigenvalue weighted by molar-refractivity contribution is 9.10. The number of nitrogen functional groups attached to an aromatic ring is 1. The smallest absolute Gasteiger partial charge is 0.0807 e. The van der Waals surface area contributed by atoms with Gasteiger partial charge < -0.3 is 11.1 Å². The molecule has 88 valence electrons. The molecule has 0 spiro atoms. The first-order valence-electron chi connectivity index (χ1n) is 5.15. The minimum Gasteiger partial charge on any atom is -0.397 e. The van der Waals surface area contributed by atoms with Gasteiger partial charge in [0.1, 0.15) is 0 Å². The monoisotopic (exact) mass is 310 g/mol. The first-order chi connectivity index (χ1) is 8.08. The lowest BCUT2D eigenvalue weighted by molar-refractivity contribution is 1.42. The molecule has 17 heavy (non-hydrogen) atoms. The molecule has 0 aromatic heterocycles. The molecule has 0 fully saturated rings. The van der Waals surface area contributed by atoms with Gasteiger partial charge in [0.15, 0.2) is 0 Å². The summed E-state index contributed by atoms with van der Waals surface area (Å²) in [6.07, 6.45) is 0. The average Bonchev–Trinajstić information content (AvgIpc) is 2.28. The largest absolute Gasteiger partial charge is 0.397 e. The molecule has 0 atom stereocenters. The van der Waals surface area contributed by atoms with Crippen molar-refractivity contribution in [1.82, 2.24) is 0 Å². The van der Waals surface area contributed by atoms with Crippen LogP contribution in [0.2, 0.25) is 5.02 Å². The number of hydrogen-bond donors (Lipinski definition) is 2. The van der Waals surface area contributed by atoms with Gasteiger partial charge in [-0.25, -0.2) is 0 Å². The quantitative estimate of drug-likeness (QED) is 0.786. The molecule has 0 saturated carbocycles. The van der Waals surface area contributed by atoms with Crippen LogP contribution in [0.15, 0.2) is 40.9 Å². The van der Waals surface area contributed by atoms with Crippen LogP contribution >= 0.6 is 27.5 Å². The standard InChI is InChI=1S/C13H12BrClN2/c1-8-5-6-9(7-10(8)14)17-13-11(15)3-2-4-12(13)16/h2-7,17H,16H2,1H3. The van der Waals surface area contributed by atoms with Gasteiger partial charge in [-0.1, -0.05) is 39.7 Å². The number of benzene rings is 2. The Labute approximate surface area is 114 Å². The molecule has 0 radical (unpaired) electrons. The Hall–Kier alpha value is -1.19. The van der Waals surface area contributed by atoms with E-state index in [9.17, 15) is 0 Å². The molecule has 3 N–H and O–H groups in total. The van der Waals surface area contributed by atoms with E-state index < -0.39 is 0 Å². The van der Waals surface area contributed by atoms with Gasteiger partial charge in [-0.05, 0) is 36.8 Å². The number of nitrogens with one attached hydrogen (secondary N) is 1. The summed E-state index contributed by atoms with van der Waals surface area (Å²) in [7, 11) is 0. The maximum absolute atomic E-state index is 6.10. The van der Waals surface area contributed by atoms with Crippen molar-refractivity contribution >= 4 is 44.6 Å². The topological polar surface area (TPSA) is 38.0 Å². The predicted molar refractivity (Wildman–Crippen MR) is 78.0 cm³/mol. The van der Waals surface area contributed by atoms with Crippen LogP contribution in [0, 0.1) is 6.92 Å². The third-order valence-electron chi connectivity index (χ3n) is 2.49. The third kappa shape index (κ3) is 2.73. The van der Waals surface area contributed by atoms with E-state index in [1.165, 1.54) is 5.56 Å². The molecule has 0 saturated heterocycles. The number of aryl methyl sites for hydroxylation is 1. The minimum absolute atomic E-state index is 0.613. The number of hydrogen-bond acceptors (Lipinski definition) is 2. The van der Waals surface area contributed by atoms with Crippen LogP contribution in [0.3, 0.4) is 0 Å². The van der Waals surface area contributed by atoms with Crippen LogP contribution in [0.4, 0.5) is 17.1 Å². The molecular weight excluding hydrogens is 300 g/mol. The molecule has 2 nitrogen and oxygen atoms in total. The number of nitrogens with two attached hydrogens (primary N) is 1. The van der Waals surface area contributed by atoms with Crippen LogP contribution in [0.25, 0.3) is 0 Å². The molecular formula is C13H12BrClN2. The van der Waals surface area contributed by atoms with Crippen molar-refractivity contribution in [2.45, 2.75) is 6.92 Å². The van der Waals surface area contributed by atoms with Crippen molar-refractivity contribution in [2.75, 3.05) is 11.1 Å². The van der Waals surface area contributed by atoms with Gasteiger partial charge in [0, 0.05) is 10.2 Å². The van der Waals surface area contributed by atoms with Crippen LogP contribution in [0.1, 0.15) is 5.56 Å². The Morgan fingerprint density at radius 2 is 2.00 bits per heavy atom. The van der Waals surface area contributed by atoms with E-state index in [-0.39, 0.29) is 0 Å². The van der Waals surface area contributed by atoms with Gasteiger partial charge in [-0.15, -0.1) is 0 Å². The zero-order valence-electron chi connectivity index (χ0n) is 9.30. The molecule has 0 bridgehead atoms. The van der Waals surface area contributed by atoms with Crippen molar-refractivity contribution in [3.8, 4) is 0 Å². The summed E-state index contributed by atoms with van der Waals surface area (Å²) < 4.78 is 1.05. The van der Waals surface area contributed by atoms with Gasteiger partial charge in [0.2, 0.25) is 0 Å². The van der Waals surface area contributed by atoms with Crippen LogP contribution in [0.5, 0.6) is 0 Å². The second-order valence-electron chi connectivity index (χ2n) is 3.79. The lowest BCUT2D eigenvalue weighted by Crippen LogP contribution is -1.97. The SMILES string of the molecule is Cc1ccc(Nc2c(N)cccc2Cl)cc1Br. The summed E-state index contributed by atoms with van der Waals surface area (Å²) in [6, 6.07) is 11.5. The van der Waals surface area contributed by atoms with Gasteiger partial charge in [0.05, 0.1) is 16.4 Å². The molecule has 2 aromatic rings. The van der Waals surface area contributed by atoms with Crippen molar-refractivity contribution in [2.24, 2.45) is 0 Å². The summed E-state index contributed by atoms with van der Waals surface area (Å²) in [4.78, 5) is 0. The molecule has 0 aliphatic rings. The summed E-state index contributed by atoms with van der Waals surface area (Å²) >= 11 is 9.59. The zero-order chi connectivity index (χ0) is 12.4. The number of para-hydroxylation sites is 1. The van der Waals surface area contributed by atoms with Crippen molar-refractivity contribution in [3.63, 3.8) is 0 Å². The van der Waals surface area contributed by atoms with E-state index in [0.717, 1.165) is 15.8 Å². The number of halogens is 2. The van der Waals surface area contributed by atoms with Crippen molar-refractivity contribution < 1.29 is 0 Å². The van der Waals surface area contributed by atoms with E-state index >= 15 is 0 Å². The third-order valence-corrected chi connectivity index (χ3v) is 3.66. The number of anilines is 3. The van der Waals surface area contributed by atoms with Crippen molar-refractivity contribution in [3.05, 3.63) is 51.5 Å². The molecule has 0 amide bonds. The highest BCUT2D eigenvalue weighted by Gasteiger charge is 2.05. The Kier molecular flexibility index (Phi) is 3.60. The second kappa shape index (κ2) is 4.98. The van der Waals surface area contributed by atoms with Gasteiger partial charge >= 0.3 is 0 Å². The maximum Gasteiger partial charge on any atom is 0.0807 e. The molecule has 0 aliphatic carbocycles. The second-order valence-corrected chi connectivity index (χ2v) is 5.05. The Bertz CT molecular complexity index is 535. The lowest BCUT2D eigenvalue weighted by Gasteiger charge is -2.12. The summed E-state index contributed by atoms with van der Waals surface area (Å²) in [6.45, 7) is 2.04. The molecule has 2 aromatic carbocycles. The van der Waals surface area contributed by atoms with Gasteiger partial charge in [-0.3, -0.25) is 0 Å². The zero-order valence-corrected chi connectivity index (χ0v) is 11.6. The predicted octanol–water partition coefficient (Wildman–Crippen LogP) is 4.74. The van der Waals surface area contributed by atoms with Crippen LogP contribution < -0.4 is 11.1 Å². The normalized spacial score (nSPS) is 10.3. The van der Waals surface area contributed by atoms with E-state index in [1.807, 2.05) is 43.3 Å². The molecule has 2 rings (SSSR count).